The highest BCUT2D eigenvalue weighted by atomic mass is 19.2. The molecule has 0 radical (unpaired) electrons. The van der Waals surface area contributed by atoms with E-state index in [1.807, 2.05) is 18.4 Å². The molecule has 180 valence electrons. The Morgan fingerprint density at radius 2 is 1.35 bits per heavy atom. The molecule has 6 heteroatoms. The summed E-state index contributed by atoms with van der Waals surface area (Å²) in [6.45, 7) is 0. The van der Waals surface area contributed by atoms with Crippen LogP contribution in [0.1, 0.15) is 5.56 Å². The summed E-state index contributed by atoms with van der Waals surface area (Å²) in [7, 11) is 0. The first-order valence-corrected chi connectivity index (χ1v) is 11.7. The Hall–Kier alpha value is -4.32. The first kappa shape index (κ1) is 21.9. The smallest absolute Gasteiger partial charge is 0.200 e. The van der Waals surface area contributed by atoms with Gasteiger partial charge in [-0.2, -0.15) is 0 Å². The number of nitrogens with zero attached hydrogens (tertiary/aromatic N) is 1. The Morgan fingerprint density at radius 1 is 0.649 bits per heavy atom. The quantitative estimate of drug-likeness (QED) is 0.229. The molecule has 0 saturated carbocycles. The van der Waals surface area contributed by atoms with E-state index in [1.54, 1.807) is 12.1 Å². The summed E-state index contributed by atoms with van der Waals surface area (Å²) in [5.41, 5.74) is 7.58. The molecule has 1 heterocycles. The SMILES string of the molecule is Fc1c(F)c(F)c(-c2ccc(C3=C4C=CC5=C6C(=CC=C(C=C3)C46)C3N=CC=CC3=C5)cc2)c(F)c1F. The zero-order valence-electron chi connectivity index (χ0n) is 19.1. The van der Waals surface area contributed by atoms with E-state index >= 15 is 0 Å². The van der Waals surface area contributed by atoms with Gasteiger partial charge in [-0.1, -0.05) is 66.8 Å². The van der Waals surface area contributed by atoms with Crippen molar-refractivity contribution in [3.63, 3.8) is 0 Å². The van der Waals surface area contributed by atoms with E-state index < -0.39 is 34.6 Å². The molecule has 5 aliphatic rings. The van der Waals surface area contributed by atoms with Crippen LogP contribution in [0.2, 0.25) is 0 Å². The predicted octanol–water partition coefficient (Wildman–Crippen LogP) is 7.67. The van der Waals surface area contributed by atoms with Crippen LogP contribution in [0.3, 0.4) is 0 Å². The summed E-state index contributed by atoms with van der Waals surface area (Å²) >= 11 is 0. The summed E-state index contributed by atoms with van der Waals surface area (Å²) in [6, 6.07) is 6.00. The highest BCUT2D eigenvalue weighted by Gasteiger charge is 2.38. The molecular weight excluding hydrogens is 481 g/mol. The Kier molecular flexibility index (Phi) is 4.64. The van der Waals surface area contributed by atoms with Gasteiger partial charge in [-0.25, -0.2) is 22.0 Å². The van der Waals surface area contributed by atoms with E-state index in [1.165, 1.54) is 23.3 Å². The van der Waals surface area contributed by atoms with E-state index in [4.69, 9.17) is 4.99 Å². The molecule has 1 nitrogen and oxygen atoms in total. The Labute approximate surface area is 209 Å². The molecule has 2 atom stereocenters. The molecule has 0 amide bonds. The van der Waals surface area contributed by atoms with Crippen molar-refractivity contribution in [2.75, 3.05) is 0 Å². The van der Waals surface area contributed by atoms with Gasteiger partial charge in [0, 0.05) is 12.1 Å². The van der Waals surface area contributed by atoms with Gasteiger partial charge >= 0.3 is 0 Å². The van der Waals surface area contributed by atoms with E-state index in [2.05, 4.69) is 42.5 Å². The van der Waals surface area contributed by atoms with Crippen LogP contribution in [-0.2, 0) is 0 Å². The van der Waals surface area contributed by atoms with Crippen molar-refractivity contribution in [1.29, 1.82) is 0 Å². The second-order valence-corrected chi connectivity index (χ2v) is 9.35. The number of dihydropyridines is 1. The molecule has 0 fully saturated rings. The standard InChI is InChI=1S/C31H16F5N/c32-26-25(27(33)29(35)30(36)28(26)34)17-5-3-15(4-6-17)20-10-7-16-8-12-22-24-18(9-11-21(20)23(16)24)14-19-2-1-13-37-31(19)22/h1-14,23,31H. The maximum Gasteiger partial charge on any atom is 0.200 e. The predicted molar refractivity (Wildman–Crippen MR) is 133 cm³/mol. The molecule has 4 aliphatic carbocycles. The Balaban J connectivity index is 1.32. The van der Waals surface area contributed by atoms with Crippen molar-refractivity contribution in [3.8, 4) is 11.1 Å². The average molecular weight is 497 g/mol. The van der Waals surface area contributed by atoms with Gasteiger partial charge in [0.25, 0.3) is 0 Å². The number of fused-ring (bicyclic) bond motifs is 2. The van der Waals surface area contributed by atoms with E-state index in [0.717, 1.165) is 33.4 Å². The molecule has 1 aliphatic heterocycles. The molecule has 0 saturated heterocycles. The number of halogens is 5. The van der Waals surface area contributed by atoms with Crippen molar-refractivity contribution in [2.45, 2.75) is 6.04 Å². The second-order valence-electron chi connectivity index (χ2n) is 9.35. The number of allylic oxidation sites excluding steroid dienone is 12. The summed E-state index contributed by atoms with van der Waals surface area (Å²) in [6.07, 6.45) is 20.5. The number of benzene rings is 2. The normalized spacial score (nSPS) is 22.6. The number of hydrogen-bond donors (Lipinski definition) is 0. The molecule has 2 aromatic rings. The first-order valence-electron chi connectivity index (χ1n) is 11.7. The summed E-state index contributed by atoms with van der Waals surface area (Å²) in [4.78, 5) is 4.70. The number of hydrogen-bond acceptors (Lipinski definition) is 1. The molecule has 0 spiro atoms. The van der Waals surface area contributed by atoms with Crippen LogP contribution in [-0.4, -0.2) is 12.3 Å². The van der Waals surface area contributed by atoms with Crippen LogP contribution in [0.15, 0.2) is 117 Å². The topological polar surface area (TPSA) is 12.4 Å². The van der Waals surface area contributed by atoms with Gasteiger partial charge < -0.3 is 0 Å². The van der Waals surface area contributed by atoms with Crippen LogP contribution in [0, 0.1) is 35.0 Å². The molecule has 7 rings (SSSR count). The third-order valence-corrected chi connectivity index (χ3v) is 7.44. The summed E-state index contributed by atoms with van der Waals surface area (Å²) in [5.74, 6) is -9.76. The summed E-state index contributed by atoms with van der Waals surface area (Å²) < 4.78 is 69.6. The molecule has 2 unspecified atom stereocenters. The van der Waals surface area contributed by atoms with E-state index in [-0.39, 0.29) is 17.5 Å². The minimum absolute atomic E-state index is 0.0220. The molecule has 0 bridgehead atoms. The van der Waals surface area contributed by atoms with Gasteiger partial charge in [-0.05, 0) is 62.3 Å². The maximum atomic E-state index is 14.3. The lowest BCUT2D eigenvalue weighted by Gasteiger charge is -2.39. The van der Waals surface area contributed by atoms with Gasteiger partial charge in [-0.3, -0.25) is 4.99 Å². The lowest BCUT2D eigenvalue weighted by molar-refractivity contribution is 0.381. The van der Waals surface area contributed by atoms with Gasteiger partial charge in [0.2, 0.25) is 5.82 Å². The van der Waals surface area contributed by atoms with Crippen LogP contribution in [0.5, 0.6) is 0 Å². The third kappa shape index (κ3) is 3.05. The fourth-order valence-electron chi connectivity index (χ4n) is 5.75. The van der Waals surface area contributed by atoms with Crippen LogP contribution in [0.25, 0.3) is 16.7 Å². The van der Waals surface area contributed by atoms with E-state index in [0.29, 0.717) is 0 Å². The fraction of sp³-hybridized carbons (Fsp3) is 0.0645. The lowest BCUT2D eigenvalue weighted by Crippen LogP contribution is -2.29. The van der Waals surface area contributed by atoms with Crippen molar-refractivity contribution in [3.05, 3.63) is 147 Å². The van der Waals surface area contributed by atoms with Crippen molar-refractivity contribution < 1.29 is 22.0 Å². The monoisotopic (exact) mass is 497 g/mol. The van der Waals surface area contributed by atoms with Crippen LogP contribution in [0.4, 0.5) is 22.0 Å². The molecule has 0 aromatic heterocycles. The highest BCUT2D eigenvalue weighted by molar-refractivity contribution is 5.87. The van der Waals surface area contributed by atoms with Crippen LogP contribution >= 0.6 is 0 Å². The molecular formula is C31H16F5N. The Morgan fingerprint density at radius 3 is 2.11 bits per heavy atom. The van der Waals surface area contributed by atoms with Gasteiger partial charge in [0.05, 0.1) is 5.56 Å². The van der Waals surface area contributed by atoms with Gasteiger partial charge in [0.15, 0.2) is 23.3 Å². The van der Waals surface area contributed by atoms with Gasteiger partial charge in [0.1, 0.15) is 6.04 Å². The number of aliphatic imine (C=N–C) groups is 1. The first-order chi connectivity index (χ1) is 17.9. The highest BCUT2D eigenvalue weighted by Crippen LogP contribution is 2.51. The molecule has 2 aromatic carbocycles. The minimum Gasteiger partial charge on any atom is -0.280 e. The van der Waals surface area contributed by atoms with Gasteiger partial charge in [-0.15, -0.1) is 0 Å². The summed E-state index contributed by atoms with van der Waals surface area (Å²) in [5, 5.41) is 0. The van der Waals surface area contributed by atoms with Crippen molar-refractivity contribution in [1.82, 2.24) is 0 Å². The largest absolute Gasteiger partial charge is 0.280 e. The fourth-order valence-corrected chi connectivity index (χ4v) is 5.75. The van der Waals surface area contributed by atoms with Crippen molar-refractivity contribution >= 4 is 11.8 Å². The Bertz CT molecular complexity index is 1680. The molecule has 0 N–H and O–H groups in total. The minimum atomic E-state index is -2.17. The molecule has 37 heavy (non-hydrogen) atoms. The zero-order valence-corrected chi connectivity index (χ0v) is 19.1. The average Bonchev–Trinajstić information content (AvgIpc) is 2.94. The van der Waals surface area contributed by atoms with Crippen LogP contribution < -0.4 is 0 Å². The van der Waals surface area contributed by atoms with E-state index in [9.17, 15) is 22.0 Å². The third-order valence-electron chi connectivity index (χ3n) is 7.44. The maximum absolute atomic E-state index is 14.3. The second kappa shape index (κ2) is 7.84. The zero-order chi connectivity index (χ0) is 25.4. The lowest BCUT2D eigenvalue weighted by atomic mass is 9.65. The van der Waals surface area contributed by atoms with Crippen molar-refractivity contribution in [2.24, 2.45) is 10.9 Å². The number of rotatable bonds is 2.